The Morgan fingerprint density at radius 2 is 1.28 bits per heavy atom. The number of piperidine rings is 2. The Morgan fingerprint density at radius 3 is 1.94 bits per heavy atom. The molecule has 1 aliphatic carbocycles. The molecule has 3 aromatic heterocycles. The number of carbonyl (C=O) groups excluding carboxylic acids is 12. The molecule has 6 aromatic carbocycles. The number of H-pyrrole nitrogens is 1. The van der Waals surface area contributed by atoms with Crippen molar-refractivity contribution in [3.63, 3.8) is 0 Å². The number of hydroxylamine groups is 1. The van der Waals surface area contributed by atoms with Crippen molar-refractivity contribution >= 4 is 128 Å². The van der Waals surface area contributed by atoms with E-state index in [4.69, 9.17) is 45.2 Å². The van der Waals surface area contributed by atoms with Crippen molar-refractivity contribution in [3.8, 4) is 28.7 Å². The number of nitrogens with two attached hydrogens (primary N) is 2. The first-order valence-corrected chi connectivity index (χ1v) is 46.3. The maximum Gasteiger partial charge on any atom is 0.332 e. The van der Waals surface area contributed by atoms with E-state index in [-0.39, 0.29) is 88.6 Å². The van der Waals surface area contributed by atoms with Crippen molar-refractivity contribution < 1.29 is 81.3 Å². The highest BCUT2D eigenvalue weighted by Crippen LogP contribution is 2.46. The lowest BCUT2D eigenvalue weighted by atomic mass is 9.87. The number of pyridine rings is 1. The fraction of sp³-hybridized carbons (Fsp3) is 0.371. The van der Waals surface area contributed by atoms with Gasteiger partial charge < -0.3 is 81.7 Å². The van der Waals surface area contributed by atoms with Gasteiger partial charge in [0.15, 0.2) is 5.60 Å². The van der Waals surface area contributed by atoms with Crippen molar-refractivity contribution in [2.45, 2.75) is 117 Å². The Morgan fingerprint density at radius 1 is 0.652 bits per heavy atom. The molecule has 14 rings (SSSR count). The summed E-state index contributed by atoms with van der Waals surface area (Å²) in [6.45, 7) is 3.24. The molecule has 135 heavy (non-hydrogen) atoms. The van der Waals surface area contributed by atoms with Crippen LogP contribution in [-0.2, 0) is 90.9 Å². The van der Waals surface area contributed by atoms with Gasteiger partial charge >= 0.3 is 6.03 Å². The molecule has 0 spiro atoms. The summed E-state index contributed by atoms with van der Waals surface area (Å²) in [5.41, 5.74) is 16.9. The molecular weight excluding hydrogens is 1770 g/mol. The van der Waals surface area contributed by atoms with Gasteiger partial charge in [-0.3, -0.25) is 72.2 Å². The third-order valence-corrected chi connectivity index (χ3v) is 26.2. The summed E-state index contributed by atoms with van der Waals surface area (Å²) in [4.78, 5) is 202. The summed E-state index contributed by atoms with van der Waals surface area (Å²) >= 11 is 2.47. The second kappa shape index (κ2) is 45.9. The Hall–Kier alpha value is -13.7. The van der Waals surface area contributed by atoms with Crippen LogP contribution in [0.4, 0.5) is 16.4 Å². The van der Waals surface area contributed by atoms with E-state index in [0.717, 1.165) is 82.8 Å². The summed E-state index contributed by atoms with van der Waals surface area (Å²) in [5.74, 6) is -1.10. The molecule has 0 bridgehead atoms. The highest BCUT2D eigenvalue weighted by Gasteiger charge is 2.47. The standard InChI is InChI=1S/C97H108N18O18S2/c1-96(37-44-111(45-38-96)67-33-41-112(42-34-67)94-107-74-30-27-64(73-59-110(2)91(125)85-71(73)32-40-100-85)53-72(74)88(108-94)97(133-68-28-29-68,66-20-10-5-11-21-66)60-132-109-89(123)65(54-78(98)116)55-79(99)117)105-39-16-19-63-26-31-77(129-3)76(52-63)113-43-35-84(122)115(95(113)128)61-104-82(120)57-103-90(124)75(51-62-17-8-4-9-18-62)106-83(121)58-102-81(119)56-101-80(118)36-47-130-49-50-131-48-46-114-92(126)86(134-69-22-12-6-13-23-69)87(93(114)127)135-70-24-14-7-15-25-70/h4-15,17-18,20-27,30-32,40,52-53,59,65,67-68,75,100,105H,28-29,33-39,41-51,54-58,60-61H2,1-3H3,(H2,98,116)(H2,99,117)(H,101,118)(H,102,119)(H,103,124)(H,104,120)(H,106,121)(H,109,123)/t75-,97-/m0/s1. The number of fused-ring (bicyclic) bond motifs is 2. The Balaban J connectivity index is 0.524. The summed E-state index contributed by atoms with van der Waals surface area (Å²) in [7, 11) is 3.16. The number of imide groups is 2. The third-order valence-electron chi connectivity index (χ3n) is 23.9. The summed E-state index contributed by atoms with van der Waals surface area (Å²) in [6, 6.07) is 48.1. The number of aromatic amines is 1. The molecule has 36 nitrogen and oxygen atoms in total. The Kier molecular flexibility index (Phi) is 33.1. The lowest BCUT2D eigenvalue weighted by Crippen LogP contribution is -2.56. The van der Waals surface area contributed by atoms with Gasteiger partial charge in [-0.25, -0.2) is 25.1 Å². The molecule has 706 valence electrons. The first-order chi connectivity index (χ1) is 65.3. The van der Waals surface area contributed by atoms with E-state index in [1.54, 1.807) is 68.0 Å². The molecule has 0 radical (unpaired) electrons. The molecule has 38 heteroatoms. The zero-order valence-electron chi connectivity index (χ0n) is 75.0. The normalized spacial score (nSPS) is 16.0. The van der Waals surface area contributed by atoms with Crippen molar-refractivity contribution in [1.29, 1.82) is 0 Å². The van der Waals surface area contributed by atoms with E-state index in [0.29, 0.717) is 85.6 Å². The minimum atomic E-state index is -1.49. The van der Waals surface area contributed by atoms with Crippen molar-refractivity contribution in [1.82, 2.24) is 71.6 Å². The first kappa shape index (κ1) is 97.4. The van der Waals surface area contributed by atoms with Crippen molar-refractivity contribution in [3.05, 3.63) is 219 Å². The van der Waals surface area contributed by atoms with Crippen LogP contribution < -0.4 is 68.9 Å². The van der Waals surface area contributed by atoms with E-state index in [9.17, 15) is 62.3 Å². The average molecular weight is 1880 g/mol. The smallest absolute Gasteiger partial charge is 0.332 e. The lowest BCUT2D eigenvalue weighted by molar-refractivity contribution is -0.151. The molecule has 5 aliphatic rings. The molecule has 3 saturated heterocycles. The van der Waals surface area contributed by atoms with Gasteiger partial charge in [0.05, 0.1) is 105 Å². The number of likely N-dealkylation sites (tertiary alicyclic amines) is 1. The number of urea groups is 1. The van der Waals surface area contributed by atoms with Crippen molar-refractivity contribution in [2.75, 3.05) is 122 Å². The van der Waals surface area contributed by atoms with Crippen LogP contribution in [0, 0.1) is 17.8 Å². The molecular formula is C97H108N18O18S2. The third kappa shape index (κ3) is 25.5. The minimum Gasteiger partial charge on any atom is -0.495 e. The molecule has 1 saturated carbocycles. The van der Waals surface area contributed by atoms with Gasteiger partial charge in [0, 0.05) is 128 Å². The lowest BCUT2D eigenvalue weighted by Gasteiger charge is -2.45. The number of thioether (sulfide) groups is 2. The number of nitrogens with zero attached hydrogens (tertiary/aromatic N) is 8. The van der Waals surface area contributed by atoms with Crippen LogP contribution in [0.25, 0.3) is 32.9 Å². The molecule has 4 fully saturated rings. The number of nitrogens with one attached hydrogen (secondary N) is 8. The van der Waals surface area contributed by atoms with E-state index in [1.807, 2.05) is 115 Å². The van der Waals surface area contributed by atoms with Gasteiger partial charge in [-0.1, -0.05) is 138 Å². The minimum absolute atomic E-state index is 0.000653. The van der Waals surface area contributed by atoms with Gasteiger partial charge in [-0.05, 0) is 123 Å². The molecule has 12 N–H and O–H groups in total. The number of benzene rings is 6. The van der Waals surface area contributed by atoms with Crippen LogP contribution in [-0.4, -0.2) is 241 Å². The van der Waals surface area contributed by atoms with E-state index < -0.39 is 128 Å². The number of hydrogen-bond donors (Lipinski definition) is 10. The summed E-state index contributed by atoms with van der Waals surface area (Å²) < 4.78 is 25.6. The first-order valence-electron chi connectivity index (χ1n) is 44.7. The Bertz CT molecular complexity index is 5940. The predicted molar refractivity (Wildman–Crippen MR) is 504 cm³/mol. The highest BCUT2D eigenvalue weighted by atomic mass is 32.2. The van der Waals surface area contributed by atoms with Gasteiger partial charge in [-0.2, -0.15) is 0 Å². The maximum atomic E-state index is 14.3. The summed E-state index contributed by atoms with van der Waals surface area (Å²) in [5, 5.41) is 17.6. The molecule has 0 unspecified atom stereocenters. The van der Waals surface area contributed by atoms with Crippen LogP contribution in [0.5, 0.6) is 5.75 Å². The number of rotatable bonds is 44. The monoisotopic (exact) mass is 1880 g/mol. The van der Waals surface area contributed by atoms with Crippen LogP contribution in [0.3, 0.4) is 0 Å². The number of anilines is 2. The van der Waals surface area contributed by atoms with Gasteiger partial charge in [0.25, 0.3) is 17.4 Å². The average Bonchev–Trinajstić information content (AvgIpc) is 1.52. The zero-order chi connectivity index (χ0) is 95.1. The number of aromatic nitrogens is 4. The van der Waals surface area contributed by atoms with Gasteiger partial charge in [0.1, 0.15) is 30.6 Å². The van der Waals surface area contributed by atoms with Crippen LogP contribution in [0.1, 0.15) is 93.5 Å². The van der Waals surface area contributed by atoms with E-state index in [2.05, 4.69) is 70.9 Å². The predicted octanol–water partition coefficient (Wildman–Crippen LogP) is 5.68. The number of methoxy groups -OCH3 is 1. The zero-order valence-corrected chi connectivity index (χ0v) is 76.7. The fourth-order valence-corrected chi connectivity index (χ4v) is 18.5. The van der Waals surface area contributed by atoms with E-state index >= 15 is 0 Å². The van der Waals surface area contributed by atoms with Gasteiger partial charge in [0.2, 0.25) is 59.1 Å². The Labute approximate surface area is 787 Å². The number of amides is 13. The molecule has 2 atom stereocenters. The quantitative estimate of drug-likeness (QED) is 0.00949. The summed E-state index contributed by atoms with van der Waals surface area (Å²) in [6.07, 6.45) is 7.05. The number of ether oxygens (including phenoxy) is 4. The van der Waals surface area contributed by atoms with E-state index in [1.165, 1.54) is 45.0 Å². The van der Waals surface area contributed by atoms with Crippen LogP contribution in [0.2, 0.25) is 0 Å². The molecule has 4 aliphatic heterocycles. The number of aryl methyl sites for hydroxylation is 1. The second-order valence-electron chi connectivity index (χ2n) is 33.6. The molecule has 9 aromatic rings. The topological polar surface area (TPSA) is 467 Å². The maximum absolute atomic E-state index is 14.3. The van der Waals surface area contributed by atoms with Gasteiger partial charge in [-0.15, -0.1) is 0 Å². The largest absolute Gasteiger partial charge is 0.495 e. The number of primary amides is 2. The highest BCUT2D eigenvalue weighted by molar-refractivity contribution is 8.08. The van der Waals surface area contributed by atoms with Crippen molar-refractivity contribution in [2.24, 2.45) is 24.4 Å². The number of carbonyl (C=O) groups is 12. The van der Waals surface area contributed by atoms with Crippen LogP contribution in [0.15, 0.2) is 201 Å². The van der Waals surface area contributed by atoms with Crippen LogP contribution >= 0.6 is 23.5 Å². The molecule has 7 heterocycles. The molecule has 13 amide bonds. The SMILES string of the molecule is COc1ccc(C#CCNC2(C)CCN(C3CCN(c4nc([C@@](CONC(=O)C(CC(N)=O)CC(N)=O)(OC5CC5)c5ccccc5)c5cc(-c6cn(C)c(=O)c7[nH]ccc67)ccc5n4)CC3)CC2)cc1N1CCC(=O)N(CNC(=O)CNC(=O)[C@H](Cc2ccccc2)NC(=O)CNC(=O)CNC(=O)CCOCCOCCN2C(=O)C(Sc3ccccc3)=C(Sc3ccccc3)C2=O)C1=O. The second-order valence-corrected chi connectivity index (χ2v) is 35.7. The number of hydrogen-bond acceptors (Lipinski definition) is 25. The fourth-order valence-electron chi connectivity index (χ4n) is 16.4.